The number of hydrogen-bond donors (Lipinski definition) is 1. The maximum atomic E-state index is 13.1. The Labute approximate surface area is 115 Å². The second-order valence-electron chi connectivity index (χ2n) is 4.50. The predicted octanol–water partition coefficient (Wildman–Crippen LogP) is 3.43. The zero-order valence-electron chi connectivity index (χ0n) is 10.8. The lowest BCUT2D eigenvalue weighted by Gasteiger charge is -1.99. The molecule has 0 amide bonds. The van der Waals surface area contributed by atoms with Gasteiger partial charge in [0.15, 0.2) is 0 Å². The third-order valence-corrected chi connectivity index (χ3v) is 3.01. The molecule has 3 rings (SSSR count). The Morgan fingerprint density at radius 3 is 2.55 bits per heavy atom. The summed E-state index contributed by atoms with van der Waals surface area (Å²) in [6, 6.07) is 11.6. The summed E-state index contributed by atoms with van der Waals surface area (Å²) in [6.45, 7) is 1.80. The van der Waals surface area contributed by atoms with E-state index < -0.39 is 0 Å². The average molecular weight is 269 g/mol. The first kappa shape index (κ1) is 12.3. The molecule has 1 aromatic heterocycles. The second-order valence-corrected chi connectivity index (χ2v) is 4.50. The van der Waals surface area contributed by atoms with Gasteiger partial charge in [-0.15, -0.1) is 0 Å². The lowest BCUT2D eigenvalue weighted by atomic mass is 10.1. The van der Waals surface area contributed by atoms with Gasteiger partial charge < -0.3 is 10.3 Å². The molecule has 0 unspecified atom stereocenters. The molecule has 0 atom stereocenters. The smallest absolute Gasteiger partial charge is 0.258 e. The normalized spacial score (nSPS) is 10.7. The molecule has 20 heavy (non-hydrogen) atoms. The molecule has 0 saturated carbocycles. The number of rotatable bonds is 2. The summed E-state index contributed by atoms with van der Waals surface area (Å²) >= 11 is 0. The molecular formula is C15H12FN3O. The van der Waals surface area contributed by atoms with Crippen LogP contribution in [0.3, 0.4) is 0 Å². The minimum atomic E-state index is -0.287. The van der Waals surface area contributed by atoms with Gasteiger partial charge in [-0.25, -0.2) is 4.39 Å². The van der Waals surface area contributed by atoms with Gasteiger partial charge in [0.05, 0.1) is 0 Å². The van der Waals surface area contributed by atoms with E-state index >= 15 is 0 Å². The first-order chi connectivity index (χ1) is 9.63. The molecule has 4 nitrogen and oxygen atoms in total. The number of anilines is 1. The molecule has 0 bridgehead atoms. The Bertz CT molecular complexity index is 750. The number of nitrogen functional groups attached to an aromatic ring is 1. The van der Waals surface area contributed by atoms with Gasteiger partial charge >= 0.3 is 0 Å². The van der Waals surface area contributed by atoms with Gasteiger partial charge in [0.2, 0.25) is 5.82 Å². The molecule has 0 radical (unpaired) electrons. The molecule has 0 aliphatic heterocycles. The first-order valence-electron chi connectivity index (χ1n) is 6.09. The molecule has 0 saturated heterocycles. The summed E-state index contributed by atoms with van der Waals surface area (Å²) in [4.78, 5) is 4.33. The quantitative estimate of drug-likeness (QED) is 0.724. The number of halogens is 1. The van der Waals surface area contributed by atoms with E-state index in [9.17, 15) is 4.39 Å². The number of nitrogens with two attached hydrogens (primary N) is 1. The van der Waals surface area contributed by atoms with Crippen LogP contribution in [0.4, 0.5) is 10.1 Å². The highest BCUT2D eigenvalue weighted by Crippen LogP contribution is 2.25. The summed E-state index contributed by atoms with van der Waals surface area (Å²) in [5.41, 5.74) is 8.59. The van der Waals surface area contributed by atoms with E-state index in [0.717, 1.165) is 16.7 Å². The minimum absolute atomic E-state index is 0.287. The van der Waals surface area contributed by atoms with Gasteiger partial charge in [-0.2, -0.15) is 4.98 Å². The Morgan fingerprint density at radius 1 is 1.10 bits per heavy atom. The van der Waals surface area contributed by atoms with Crippen LogP contribution in [0.5, 0.6) is 0 Å². The summed E-state index contributed by atoms with van der Waals surface area (Å²) in [5, 5.41) is 3.94. The monoisotopic (exact) mass is 269 g/mol. The first-order valence-corrected chi connectivity index (χ1v) is 6.09. The molecule has 0 fully saturated rings. The third kappa shape index (κ3) is 2.25. The van der Waals surface area contributed by atoms with Crippen molar-refractivity contribution in [2.45, 2.75) is 6.92 Å². The number of hydrogen-bond acceptors (Lipinski definition) is 4. The van der Waals surface area contributed by atoms with E-state index in [0.29, 0.717) is 17.4 Å². The maximum absolute atomic E-state index is 13.1. The lowest BCUT2D eigenvalue weighted by molar-refractivity contribution is 0.432. The molecule has 0 aliphatic carbocycles. The third-order valence-electron chi connectivity index (χ3n) is 3.01. The molecule has 5 heteroatoms. The highest BCUT2D eigenvalue weighted by molar-refractivity contribution is 5.63. The van der Waals surface area contributed by atoms with Crippen LogP contribution in [-0.4, -0.2) is 10.1 Å². The SMILES string of the molecule is Cc1cc(F)ccc1-c1nc(-c2ccc(N)cc2)no1. The van der Waals surface area contributed by atoms with E-state index in [1.54, 1.807) is 25.1 Å². The Kier molecular flexibility index (Phi) is 2.95. The van der Waals surface area contributed by atoms with Gasteiger partial charge in [-0.3, -0.25) is 0 Å². The highest BCUT2D eigenvalue weighted by atomic mass is 19.1. The van der Waals surface area contributed by atoms with Crippen molar-refractivity contribution in [3.8, 4) is 22.8 Å². The number of benzene rings is 2. The lowest BCUT2D eigenvalue weighted by Crippen LogP contribution is -1.87. The summed E-state index contributed by atoms with van der Waals surface area (Å²) in [7, 11) is 0. The van der Waals surface area contributed by atoms with Crippen LogP contribution in [0.2, 0.25) is 0 Å². The zero-order chi connectivity index (χ0) is 14.1. The van der Waals surface area contributed by atoms with Gasteiger partial charge in [0.1, 0.15) is 5.82 Å². The fourth-order valence-corrected chi connectivity index (χ4v) is 1.95. The molecular weight excluding hydrogens is 257 g/mol. The van der Waals surface area contributed by atoms with E-state index in [2.05, 4.69) is 10.1 Å². The summed E-state index contributed by atoms with van der Waals surface area (Å²) in [5.74, 6) is 0.558. The maximum Gasteiger partial charge on any atom is 0.258 e. The van der Waals surface area contributed by atoms with E-state index in [1.807, 2.05) is 12.1 Å². The Morgan fingerprint density at radius 2 is 1.85 bits per heavy atom. The fraction of sp³-hybridized carbons (Fsp3) is 0.0667. The van der Waals surface area contributed by atoms with Crippen molar-refractivity contribution in [1.82, 2.24) is 10.1 Å². The van der Waals surface area contributed by atoms with Gasteiger partial charge in [-0.1, -0.05) is 5.16 Å². The molecule has 100 valence electrons. The van der Waals surface area contributed by atoms with Crippen molar-refractivity contribution >= 4 is 5.69 Å². The fourth-order valence-electron chi connectivity index (χ4n) is 1.95. The number of aryl methyl sites for hydroxylation is 1. The van der Waals surface area contributed by atoms with Gasteiger partial charge in [-0.05, 0) is 55.0 Å². The Hall–Kier alpha value is -2.69. The predicted molar refractivity (Wildman–Crippen MR) is 74.3 cm³/mol. The molecule has 2 N–H and O–H groups in total. The van der Waals surface area contributed by atoms with Crippen molar-refractivity contribution in [2.75, 3.05) is 5.73 Å². The van der Waals surface area contributed by atoms with E-state index in [-0.39, 0.29) is 5.82 Å². The van der Waals surface area contributed by atoms with Gasteiger partial charge in [0.25, 0.3) is 5.89 Å². The van der Waals surface area contributed by atoms with Crippen LogP contribution in [-0.2, 0) is 0 Å². The van der Waals surface area contributed by atoms with Crippen LogP contribution in [0, 0.1) is 12.7 Å². The van der Waals surface area contributed by atoms with Crippen LogP contribution >= 0.6 is 0 Å². The van der Waals surface area contributed by atoms with Crippen molar-refractivity contribution in [1.29, 1.82) is 0 Å². The molecule has 0 aliphatic rings. The Balaban J connectivity index is 1.99. The molecule has 3 aromatic rings. The summed E-state index contributed by atoms with van der Waals surface area (Å²) < 4.78 is 18.3. The zero-order valence-corrected chi connectivity index (χ0v) is 10.8. The topological polar surface area (TPSA) is 64.9 Å². The largest absolute Gasteiger partial charge is 0.399 e. The van der Waals surface area contributed by atoms with Crippen LogP contribution < -0.4 is 5.73 Å². The number of aromatic nitrogens is 2. The minimum Gasteiger partial charge on any atom is -0.399 e. The molecule has 1 heterocycles. The van der Waals surface area contributed by atoms with E-state index in [1.165, 1.54) is 12.1 Å². The number of nitrogens with zero attached hydrogens (tertiary/aromatic N) is 2. The van der Waals surface area contributed by atoms with Crippen molar-refractivity contribution in [3.05, 3.63) is 53.8 Å². The highest BCUT2D eigenvalue weighted by Gasteiger charge is 2.12. The van der Waals surface area contributed by atoms with E-state index in [4.69, 9.17) is 10.3 Å². The van der Waals surface area contributed by atoms with Crippen molar-refractivity contribution in [2.24, 2.45) is 0 Å². The van der Waals surface area contributed by atoms with Crippen LogP contribution in [0.1, 0.15) is 5.56 Å². The van der Waals surface area contributed by atoms with Gasteiger partial charge in [0, 0.05) is 16.8 Å². The average Bonchev–Trinajstić information content (AvgIpc) is 2.89. The standard InChI is InChI=1S/C15H12FN3O/c1-9-8-11(16)4-7-13(9)15-18-14(19-20-15)10-2-5-12(17)6-3-10/h2-8H,17H2,1H3. The van der Waals surface area contributed by atoms with Crippen LogP contribution in [0.15, 0.2) is 47.0 Å². The summed E-state index contributed by atoms with van der Waals surface area (Å²) in [6.07, 6.45) is 0. The molecule has 2 aromatic carbocycles. The van der Waals surface area contributed by atoms with Crippen molar-refractivity contribution in [3.63, 3.8) is 0 Å². The van der Waals surface area contributed by atoms with Crippen LogP contribution in [0.25, 0.3) is 22.8 Å². The second kappa shape index (κ2) is 4.77. The van der Waals surface area contributed by atoms with Crippen molar-refractivity contribution < 1.29 is 8.91 Å². The molecule has 0 spiro atoms.